The molecular formula is C14H20N2O3. The average molecular weight is 264 g/mol. The molecule has 0 aromatic heterocycles. The molecule has 0 saturated carbocycles. The summed E-state index contributed by atoms with van der Waals surface area (Å²) in [5, 5.41) is 8.94. The Morgan fingerprint density at radius 3 is 2.53 bits per heavy atom. The first kappa shape index (κ1) is 15.0. The van der Waals surface area contributed by atoms with E-state index < -0.39 is 5.97 Å². The molecule has 1 atom stereocenters. The number of anilines is 2. The number of carboxylic acid groups (broad SMARTS) is 1. The molecule has 1 unspecified atom stereocenters. The number of carboxylic acids is 1. The summed E-state index contributed by atoms with van der Waals surface area (Å²) in [5.74, 6) is -1.05. The molecule has 0 aliphatic heterocycles. The van der Waals surface area contributed by atoms with Crippen LogP contribution >= 0.6 is 0 Å². The lowest BCUT2D eigenvalue weighted by atomic mass is 10.0. The Morgan fingerprint density at radius 1 is 1.37 bits per heavy atom. The van der Waals surface area contributed by atoms with Gasteiger partial charge in [0.2, 0.25) is 5.91 Å². The number of amides is 1. The second-order valence-corrected chi connectivity index (χ2v) is 4.65. The number of carbonyl (C=O) groups is 2. The van der Waals surface area contributed by atoms with Crippen molar-refractivity contribution in [2.45, 2.75) is 26.7 Å². The number of nitrogens with zero attached hydrogens (tertiary/aromatic N) is 1. The summed E-state index contributed by atoms with van der Waals surface area (Å²) >= 11 is 0. The van der Waals surface area contributed by atoms with Crippen molar-refractivity contribution in [2.24, 2.45) is 5.92 Å². The minimum atomic E-state index is -1.05. The van der Waals surface area contributed by atoms with Crippen LogP contribution in [0.4, 0.5) is 11.4 Å². The minimum absolute atomic E-state index is 0.213. The van der Waals surface area contributed by atoms with Gasteiger partial charge in [0.25, 0.3) is 0 Å². The van der Waals surface area contributed by atoms with Gasteiger partial charge >= 0.3 is 5.97 Å². The Labute approximate surface area is 113 Å². The van der Waals surface area contributed by atoms with Crippen LogP contribution in [0.15, 0.2) is 24.3 Å². The van der Waals surface area contributed by atoms with E-state index in [9.17, 15) is 9.59 Å². The molecule has 3 N–H and O–H groups in total. The van der Waals surface area contributed by atoms with Crippen molar-refractivity contribution in [2.75, 3.05) is 17.2 Å². The smallest absolute Gasteiger partial charge is 0.323 e. The van der Waals surface area contributed by atoms with Crippen LogP contribution in [0.5, 0.6) is 0 Å². The van der Waals surface area contributed by atoms with E-state index in [1.54, 1.807) is 24.3 Å². The van der Waals surface area contributed by atoms with E-state index in [4.69, 9.17) is 10.8 Å². The van der Waals surface area contributed by atoms with Crippen LogP contribution in [0.25, 0.3) is 0 Å². The first-order valence-electron chi connectivity index (χ1n) is 6.32. The van der Waals surface area contributed by atoms with Gasteiger partial charge in [-0.25, -0.2) is 0 Å². The predicted molar refractivity (Wildman–Crippen MR) is 74.9 cm³/mol. The van der Waals surface area contributed by atoms with Gasteiger partial charge in [0.05, 0.1) is 11.4 Å². The van der Waals surface area contributed by atoms with Gasteiger partial charge in [-0.2, -0.15) is 0 Å². The van der Waals surface area contributed by atoms with E-state index in [0.717, 1.165) is 6.42 Å². The number of benzene rings is 1. The maximum atomic E-state index is 12.2. The van der Waals surface area contributed by atoms with E-state index in [0.29, 0.717) is 17.8 Å². The molecule has 0 spiro atoms. The van der Waals surface area contributed by atoms with Crippen molar-refractivity contribution in [3.63, 3.8) is 0 Å². The predicted octanol–water partition coefficient (Wildman–Crippen LogP) is 2.12. The van der Waals surface area contributed by atoms with Gasteiger partial charge in [-0.3, -0.25) is 14.5 Å². The Hall–Kier alpha value is -2.04. The Kier molecular flexibility index (Phi) is 5.36. The van der Waals surface area contributed by atoms with Crippen LogP contribution in [0, 0.1) is 5.92 Å². The average Bonchev–Trinajstić information content (AvgIpc) is 2.36. The Morgan fingerprint density at radius 2 is 2.00 bits per heavy atom. The monoisotopic (exact) mass is 264 g/mol. The lowest BCUT2D eigenvalue weighted by molar-refractivity contribution is -0.136. The number of hydrogen-bond donors (Lipinski definition) is 2. The number of nitrogen functional groups attached to an aromatic ring is 1. The van der Waals surface area contributed by atoms with Crippen molar-refractivity contribution in [3.05, 3.63) is 24.3 Å². The zero-order valence-corrected chi connectivity index (χ0v) is 11.3. The molecule has 1 amide bonds. The third-order valence-corrected chi connectivity index (χ3v) is 3.04. The van der Waals surface area contributed by atoms with E-state index in [2.05, 4.69) is 0 Å². The second kappa shape index (κ2) is 6.78. The van der Waals surface area contributed by atoms with Crippen LogP contribution in [0.1, 0.15) is 26.7 Å². The highest BCUT2D eigenvalue weighted by molar-refractivity contribution is 5.99. The van der Waals surface area contributed by atoms with Crippen molar-refractivity contribution in [1.82, 2.24) is 0 Å². The van der Waals surface area contributed by atoms with Crippen LogP contribution in [-0.2, 0) is 9.59 Å². The molecule has 5 heteroatoms. The fraction of sp³-hybridized carbons (Fsp3) is 0.429. The molecule has 104 valence electrons. The maximum absolute atomic E-state index is 12.2. The van der Waals surface area contributed by atoms with E-state index in [-0.39, 0.29) is 18.4 Å². The molecule has 0 radical (unpaired) electrons. The number of nitrogens with two attached hydrogens (primary N) is 1. The van der Waals surface area contributed by atoms with Gasteiger partial charge in [0, 0.05) is 6.42 Å². The summed E-state index contributed by atoms with van der Waals surface area (Å²) in [6.45, 7) is 3.59. The van der Waals surface area contributed by atoms with Gasteiger partial charge in [0.1, 0.15) is 6.54 Å². The van der Waals surface area contributed by atoms with Crippen molar-refractivity contribution < 1.29 is 14.7 Å². The van der Waals surface area contributed by atoms with Gasteiger partial charge in [-0.15, -0.1) is 0 Å². The van der Waals surface area contributed by atoms with Gasteiger partial charge in [0.15, 0.2) is 0 Å². The molecule has 19 heavy (non-hydrogen) atoms. The number of rotatable bonds is 6. The quantitative estimate of drug-likeness (QED) is 0.771. The number of carbonyl (C=O) groups excluding carboxylic acids is 1. The van der Waals surface area contributed by atoms with Crippen LogP contribution in [0.3, 0.4) is 0 Å². The lowest BCUT2D eigenvalue weighted by Crippen LogP contribution is -2.36. The summed E-state index contributed by atoms with van der Waals surface area (Å²) in [5.41, 5.74) is 6.67. The normalized spacial score (nSPS) is 11.9. The first-order chi connectivity index (χ1) is 8.95. The van der Waals surface area contributed by atoms with E-state index >= 15 is 0 Å². The Bertz CT molecular complexity index is 460. The molecule has 0 fully saturated rings. The summed E-state index contributed by atoms with van der Waals surface area (Å²) in [6, 6.07) is 6.79. The standard InChI is InChI=1S/C14H20N2O3/c1-3-10(2)8-13(17)16(9-14(18)19)12-7-5-4-6-11(12)15/h4-7,10H,3,8-9,15H2,1-2H3,(H,18,19). The highest BCUT2D eigenvalue weighted by Gasteiger charge is 2.21. The van der Waals surface area contributed by atoms with Gasteiger partial charge in [-0.1, -0.05) is 32.4 Å². The van der Waals surface area contributed by atoms with Crippen LogP contribution in [0.2, 0.25) is 0 Å². The third kappa shape index (κ3) is 4.28. The maximum Gasteiger partial charge on any atom is 0.323 e. The summed E-state index contributed by atoms with van der Waals surface area (Å²) in [6.07, 6.45) is 1.19. The first-order valence-corrected chi connectivity index (χ1v) is 6.32. The van der Waals surface area contributed by atoms with Gasteiger partial charge in [-0.05, 0) is 18.1 Å². The van der Waals surface area contributed by atoms with Crippen molar-refractivity contribution in [1.29, 1.82) is 0 Å². The largest absolute Gasteiger partial charge is 0.480 e. The number of para-hydroxylation sites is 2. The number of hydrogen-bond acceptors (Lipinski definition) is 3. The van der Waals surface area contributed by atoms with Crippen molar-refractivity contribution >= 4 is 23.3 Å². The zero-order valence-electron chi connectivity index (χ0n) is 11.3. The second-order valence-electron chi connectivity index (χ2n) is 4.65. The topological polar surface area (TPSA) is 83.6 Å². The highest BCUT2D eigenvalue weighted by atomic mass is 16.4. The molecular weight excluding hydrogens is 244 g/mol. The molecule has 0 aliphatic rings. The SMILES string of the molecule is CCC(C)CC(=O)N(CC(=O)O)c1ccccc1N. The van der Waals surface area contributed by atoms with Crippen LogP contribution < -0.4 is 10.6 Å². The van der Waals surface area contributed by atoms with E-state index in [1.165, 1.54) is 4.90 Å². The van der Waals surface area contributed by atoms with E-state index in [1.807, 2.05) is 13.8 Å². The molecule has 5 nitrogen and oxygen atoms in total. The molecule has 1 aromatic carbocycles. The molecule has 1 rings (SSSR count). The minimum Gasteiger partial charge on any atom is -0.480 e. The fourth-order valence-electron chi connectivity index (χ4n) is 1.73. The van der Waals surface area contributed by atoms with Gasteiger partial charge < -0.3 is 10.8 Å². The zero-order chi connectivity index (χ0) is 14.4. The Balaban J connectivity index is 2.98. The molecule has 1 aromatic rings. The molecule has 0 bridgehead atoms. The molecule has 0 saturated heterocycles. The fourth-order valence-corrected chi connectivity index (χ4v) is 1.73. The summed E-state index contributed by atoms with van der Waals surface area (Å²) in [7, 11) is 0. The molecule has 0 heterocycles. The summed E-state index contributed by atoms with van der Waals surface area (Å²) in [4.78, 5) is 24.4. The number of aliphatic carboxylic acids is 1. The molecule has 0 aliphatic carbocycles. The summed E-state index contributed by atoms with van der Waals surface area (Å²) < 4.78 is 0. The lowest BCUT2D eigenvalue weighted by Gasteiger charge is -2.23. The van der Waals surface area contributed by atoms with Crippen molar-refractivity contribution in [3.8, 4) is 0 Å². The highest BCUT2D eigenvalue weighted by Crippen LogP contribution is 2.24. The third-order valence-electron chi connectivity index (χ3n) is 3.04. The van der Waals surface area contributed by atoms with Crippen LogP contribution in [-0.4, -0.2) is 23.5 Å².